The minimum absolute atomic E-state index is 0.726. The van der Waals surface area contributed by atoms with Gasteiger partial charge >= 0.3 is 0 Å². The summed E-state index contributed by atoms with van der Waals surface area (Å²) in [5.74, 6) is 0. The van der Waals surface area contributed by atoms with Crippen LogP contribution in [0.2, 0.25) is 0 Å². The fourth-order valence-corrected chi connectivity index (χ4v) is 3.97. The molecular weight excluding hydrogens is 248 g/mol. The normalized spacial score (nSPS) is 16.7. The lowest BCUT2D eigenvalue weighted by atomic mass is 10.2. The minimum atomic E-state index is 0.726. The van der Waals surface area contributed by atoms with Crippen molar-refractivity contribution < 1.29 is 0 Å². The summed E-state index contributed by atoms with van der Waals surface area (Å²) in [5, 5.41) is 6.93. The number of hydrogen-bond acceptors (Lipinski definition) is 4. The van der Waals surface area contributed by atoms with Gasteiger partial charge in [0.25, 0.3) is 0 Å². The highest BCUT2D eigenvalue weighted by atomic mass is 32.1. The van der Waals surface area contributed by atoms with Gasteiger partial charge in [0.15, 0.2) is 0 Å². The number of nitrogens with one attached hydrogen (secondary N) is 1. The van der Waals surface area contributed by atoms with E-state index in [1.165, 1.54) is 40.4 Å². The Balaban J connectivity index is 1.60. The summed E-state index contributed by atoms with van der Waals surface area (Å²) in [4.78, 5) is 7.12. The first-order valence-electron chi connectivity index (χ1n) is 6.14. The first kappa shape index (κ1) is 11.4. The van der Waals surface area contributed by atoms with E-state index in [1.807, 2.05) is 17.5 Å². The zero-order valence-corrected chi connectivity index (χ0v) is 11.3. The number of rotatable bonds is 4. The summed E-state index contributed by atoms with van der Waals surface area (Å²) in [6, 6.07) is 4.98. The van der Waals surface area contributed by atoms with E-state index in [0.29, 0.717) is 0 Å². The molecule has 0 aliphatic heterocycles. The van der Waals surface area contributed by atoms with Crippen molar-refractivity contribution in [2.75, 3.05) is 0 Å². The molecule has 2 nitrogen and oxygen atoms in total. The summed E-state index contributed by atoms with van der Waals surface area (Å²) in [7, 11) is 0. The van der Waals surface area contributed by atoms with Crippen LogP contribution in [0.5, 0.6) is 0 Å². The van der Waals surface area contributed by atoms with E-state index in [1.54, 1.807) is 11.3 Å². The highest BCUT2D eigenvalue weighted by Crippen LogP contribution is 2.30. The molecule has 1 aliphatic carbocycles. The molecule has 90 valence electrons. The van der Waals surface area contributed by atoms with Crippen molar-refractivity contribution in [3.8, 4) is 9.75 Å². The Morgan fingerprint density at radius 2 is 2.18 bits per heavy atom. The van der Waals surface area contributed by atoms with Crippen LogP contribution >= 0.6 is 22.7 Å². The van der Waals surface area contributed by atoms with E-state index in [0.717, 1.165) is 12.6 Å². The molecule has 1 aliphatic rings. The summed E-state index contributed by atoms with van der Waals surface area (Å²) < 4.78 is 0. The third kappa shape index (κ3) is 2.76. The molecule has 0 aromatic carbocycles. The topological polar surface area (TPSA) is 24.9 Å². The van der Waals surface area contributed by atoms with Crippen LogP contribution in [0.4, 0.5) is 0 Å². The van der Waals surface area contributed by atoms with Gasteiger partial charge in [0.05, 0.1) is 4.88 Å². The first-order chi connectivity index (χ1) is 8.42. The summed E-state index contributed by atoms with van der Waals surface area (Å²) >= 11 is 3.59. The van der Waals surface area contributed by atoms with Crippen molar-refractivity contribution in [2.24, 2.45) is 0 Å². The van der Waals surface area contributed by atoms with Crippen LogP contribution in [-0.2, 0) is 6.54 Å². The zero-order valence-electron chi connectivity index (χ0n) is 9.69. The van der Waals surface area contributed by atoms with Crippen molar-refractivity contribution in [3.05, 3.63) is 28.7 Å². The standard InChI is InChI=1S/C13H16N2S2/c1-2-5-10(4-1)14-9-13-15-8-12(17-13)11-6-3-7-16-11/h3,6-8,10,14H,1-2,4-5,9H2. The molecule has 2 heterocycles. The maximum atomic E-state index is 4.50. The third-order valence-electron chi connectivity index (χ3n) is 3.21. The van der Waals surface area contributed by atoms with Crippen LogP contribution in [0.1, 0.15) is 30.7 Å². The maximum Gasteiger partial charge on any atom is 0.107 e. The Bertz CT molecular complexity index is 455. The lowest BCUT2D eigenvalue weighted by molar-refractivity contribution is 0.523. The zero-order chi connectivity index (χ0) is 11.5. The molecule has 4 heteroatoms. The van der Waals surface area contributed by atoms with Crippen molar-refractivity contribution in [1.29, 1.82) is 0 Å². The minimum Gasteiger partial charge on any atom is -0.308 e. The average molecular weight is 264 g/mol. The fourth-order valence-electron chi connectivity index (χ4n) is 2.29. The van der Waals surface area contributed by atoms with E-state index in [9.17, 15) is 0 Å². The van der Waals surface area contributed by atoms with Gasteiger partial charge in [-0.15, -0.1) is 22.7 Å². The highest BCUT2D eigenvalue weighted by molar-refractivity contribution is 7.21. The molecule has 0 bridgehead atoms. The van der Waals surface area contributed by atoms with Crippen LogP contribution in [0.25, 0.3) is 9.75 Å². The molecule has 1 saturated carbocycles. The predicted molar refractivity (Wildman–Crippen MR) is 74.5 cm³/mol. The Morgan fingerprint density at radius 3 is 2.94 bits per heavy atom. The third-order valence-corrected chi connectivity index (χ3v) is 5.28. The molecule has 0 spiro atoms. The van der Waals surface area contributed by atoms with E-state index in [2.05, 4.69) is 27.8 Å². The smallest absolute Gasteiger partial charge is 0.107 e. The van der Waals surface area contributed by atoms with Gasteiger partial charge in [0.1, 0.15) is 5.01 Å². The van der Waals surface area contributed by atoms with Crippen molar-refractivity contribution >= 4 is 22.7 Å². The van der Waals surface area contributed by atoms with Gasteiger partial charge in [-0.05, 0) is 24.3 Å². The van der Waals surface area contributed by atoms with Crippen LogP contribution in [0, 0.1) is 0 Å². The SMILES string of the molecule is c1csc(-c2cnc(CNC3CCCC3)s2)c1. The lowest BCUT2D eigenvalue weighted by Gasteiger charge is -2.09. The van der Waals surface area contributed by atoms with Gasteiger partial charge in [0, 0.05) is 23.7 Å². The fraction of sp³-hybridized carbons (Fsp3) is 0.462. The van der Waals surface area contributed by atoms with Crippen molar-refractivity contribution in [1.82, 2.24) is 10.3 Å². The van der Waals surface area contributed by atoms with Gasteiger partial charge in [-0.25, -0.2) is 4.98 Å². The summed E-state index contributed by atoms with van der Waals surface area (Å²) in [5.41, 5.74) is 0. The molecule has 0 amide bonds. The van der Waals surface area contributed by atoms with Crippen LogP contribution < -0.4 is 5.32 Å². The summed E-state index contributed by atoms with van der Waals surface area (Å²) in [6.45, 7) is 0.931. The number of nitrogens with zero attached hydrogens (tertiary/aromatic N) is 1. The quantitative estimate of drug-likeness (QED) is 0.906. The second-order valence-electron chi connectivity index (χ2n) is 4.46. The van der Waals surface area contributed by atoms with Gasteiger partial charge in [0.2, 0.25) is 0 Å². The Hall–Kier alpha value is -0.710. The van der Waals surface area contributed by atoms with Crippen molar-refractivity contribution in [2.45, 2.75) is 38.3 Å². The Kier molecular flexibility index (Phi) is 3.54. The highest BCUT2D eigenvalue weighted by Gasteiger charge is 2.14. The molecule has 17 heavy (non-hydrogen) atoms. The molecule has 2 aromatic rings. The van der Waals surface area contributed by atoms with Gasteiger partial charge in [-0.3, -0.25) is 0 Å². The molecule has 2 aromatic heterocycles. The lowest BCUT2D eigenvalue weighted by Crippen LogP contribution is -2.25. The van der Waals surface area contributed by atoms with Gasteiger partial charge < -0.3 is 5.32 Å². The van der Waals surface area contributed by atoms with Crippen LogP contribution in [0.3, 0.4) is 0 Å². The summed E-state index contributed by atoms with van der Waals surface area (Å²) in [6.07, 6.45) is 7.44. The molecule has 0 saturated heterocycles. The molecule has 0 radical (unpaired) electrons. The molecule has 1 fully saturated rings. The molecule has 0 atom stereocenters. The average Bonchev–Trinajstić information content (AvgIpc) is 3.09. The molecular formula is C13H16N2S2. The molecule has 1 N–H and O–H groups in total. The molecule has 3 rings (SSSR count). The number of aromatic nitrogens is 1. The number of thiophene rings is 1. The number of thiazole rings is 1. The van der Waals surface area contributed by atoms with E-state index in [-0.39, 0.29) is 0 Å². The predicted octanol–water partition coefficient (Wildman–Crippen LogP) is 3.90. The second-order valence-corrected chi connectivity index (χ2v) is 6.52. The molecule has 0 unspecified atom stereocenters. The number of hydrogen-bond donors (Lipinski definition) is 1. The Labute approximate surface area is 110 Å². The van der Waals surface area contributed by atoms with Crippen molar-refractivity contribution in [3.63, 3.8) is 0 Å². The monoisotopic (exact) mass is 264 g/mol. The van der Waals surface area contributed by atoms with Gasteiger partial charge in [-0.1, -0.05) is 18.9 Å². The first-order valence-corrected chi connectivity index (χ1v) is 7.83. The van der Waals surface area contributed by atoms with Gasteiger partial charge in [-0.2, -0.15) is 0 Å². The van der Waals surface area contributed by atoms with Crippen LogP contribution in [-0.4, -0.2) is 11.0 Å². The maximum absolute atomic E-state index is 4.50. The van der Waals surface area contributed by atoms with E-state index < -0.39 is 0 Å². The van der Waals surface area contributed by atoms with Crippen LogP contribution in [0.15, 0.2) is 23.7 Å². The van der Waals surface area contributed by atoms with E-state index >= 15 is 0 Å². The second kappa shape index (κ2) is 5.29. The largest absolute Gasteiger partial charge is 0.308 e. The Morgan fingerprint density at radius 1 is 1.29 bits per heavy atom. The van der Waals surface area contributed by atoms with E-state index in [4.69, 9.17) is 0 Å².